The van der Waals surface area contributed by atoms with Crippen LogP contribution in [-0.2, 0) is 7.63 Å². The van der Waals surface area contributed by atoms with Gasteiger partial charge in [-0.15, -0.1) is 0 Å². The van der Waals surface area contributed by atoms with E-state index in [9.17, 15) is 3.07 Å². The highest BCUT2D eigenvalue weighted by Gasteiger charge is 2.00. The van der Waals surface area contributed by atoms with Gasteiger partial charge in [0.1, 0.15) is 5.75 Å². The Morgan fingerprint density at radius 2 is 1.73 bits per heavy atom. The molecule has 1 aromatic rings. The van der Waals surface area contributed by atoms with E-state index in [-0.39, 0.29) is 5.75 Å². The van der Waals surface area contributed by atoms with E-state index < -0.39 is 29.0 Å². The first-order valence-electron chi connectivity index (χ1n) is 3.28. The Morgan fingerprint density at radius 3 is 2.07 bits per heavy atom. The van der Waals surface area contributed by atoms with Gasteiger partial charge in [-0.05, 0) is 18.2 Å². The smallest absolute Gasteiger partial charge is 0.466 e. The molecule has 0 bridgehead atoms. The summed E-state index contributed by atoms with van der Waals surface area (Å²) in [5.74, 6) is 0.0234. The molecule has 0 unspecified atom stereocenters. The quantitative estimate of drug-likeness (QED) is 0.442. The summed E-state index contributed by atoms with van der Waals surface area (Å²) in [4.78, 5) is 21.6. The molecule has 0 atom stereocenters. The Hall–Kier alpha value is -0.0500. The van der Waals surface area contributed by atoms with E-state index in [1.54, 1.807) is 12.1 Å². The highest BCUT2D eigenvalue weighted by molar-refractivity contribution is 14.1. The second kappa shape index (κ2) is 6.51. The predicted octanol–water partition coefficient (Wildman–Crippen LogP) is 1.60. The van der Waals surface area contributed by atoms with Crippen LogP contribution in [0.5, 0.6) is 5.75 Å². The molecule has 0 aromatic heterocycles. The van der Waals surface area contributed by atoms with Crippen molar-refractivity contribution < 1.29 is 27.4 Å². The molecule has 1 rings (SSSR count). The molecule has 0 fully saturated rings. The number of phenolic OH excluding ortho intramolecular Hbond substituents is 1. The number of rotatable bonds is 1. The molecule has 0 heterocycles. The molecule has 0 spiro atoms. The lowest BCUT2D eigenvalue weighted by molar-refractivity contribution is 0.275. The maximum atomic E-state index is 10.4. The van der Waals surface area contributed by atoms with E-state index in [4.69, 9.17) is 36.0 Å². The average molecular weight is 368 g/mol. The molecular weight excluding hydrogens is 361 g/mol. The number of hydrogen-bond acceptors (Lipinski definition) is 3. The Balaban J connectivity index is 0.000000336. The molecule has 0 amide bonds. The third-order valence-corrected chi connectivity index (χ3v) is 2.61. The van der Waals surface area contributed by atoms with E-state index in [0.29, 0.717) is 8.59 Å². The molecule has 0 radical (unpaired) electrons. The van der Waals surface area contributed by atoms with Crippen LogP contribution < -0.4 is 0 Å². The minimum Gasteiger partial charge on any atom is -0.507 e. The van der Waals surface area contributed by atoms with Crippen molar-refractivity contribution in [1.82, 2.24) is 0 Å². The molecule has 1 aromatic carbocycles. The number of halogens is 2. The van der Waals surface area contributed by atoms with Gasteiger partial charge in [0.2, 0.25) is 0 Å². The predicted molar refractivity (Wildman–Crippen MR) is 60.8 cm³/mol. The molecule has 0 aliphatic rings. The van der Waals surface area contributed by atoms with Crippen molar-refractivity contribution in [2.75, 3.05) is 0 Å². The third-order valence-electron chi connectivity index (χ3n) is 0.991. The SMILES string of the molecule is O=Ic1ccc(Cl)cc1O.O=P(O)(O)O. The molecule has 9 heteroatoms. The van der Waals surface area contributed by atoms with Crippen molar-refractivity contribution in [3.8, 4) is 5.75 Å². The Morgan fingerprint density at radius 1 is 1.27 bits per heavy atom. The zero-order chi connectivity index (χ0) is 12.1. The Kier molecular flexibility index (Phi) is 6.49. The molecule has 0 aliphatic heterocycles. The highest BCUT2D eigenvalue weighted by Crippen LogP contribution is 2.26. The van der Waals surface area contributed by atoms with Crippen LogP contribution in [0, 0.1) is 3.57 Å². The largest absolute Gasteiger partial charge is 0.507 e. The van der Waals surface area contributed by atoms with Crippen molar-refractivity contribution >= 4 is 40.6 Å². The lowest BCUT2D eigenvalue weighted by Crippen LogP contribution is -1.72. The van der Waals surface area contributed by atoms with Gasteiger partial charge in [0.25, 0.3) is 0 Å². The van der Waals surface area contributed by atoms with E-state index >= 15 is 0 Å². The second-order valence-corrected chi connectivity index (χ2v) is 5.25. The van der Waals surface area contributed by atoms with Gasteiger partial charge in [-0.3, -0.25) is 3.07 Å². The van der Waals surface area contributed by atoms with E-state index in [0.717, 1.165) is 0 Å². The van der Waals surface area contributed by atoms with Crippen molar-refractivity contribution in [1.29, 1.82) is 0 Å². The third kappa shape index (κ3) is 8.91. The lowest BCUT2D eigenvalue weighted by atomic mass is 10.3. The van der Waals surface area contributed by atoms with Gasteiger partial charge in [0, 0.05) is 5.02 Å². The summed E-state index contributed by atoms with van der Waals surface area (Å²) >= 11 is 4.24. The number of phosphoric acid groups is 1. The summed E-state index contributed by atoms with van der Waals surface area (Å²) < 4.78 is 19.7. The van der Waals surface area contributed by atoms with Crippen LogP contribution in [0.3, 0.4) is 0 Å². The fraction of sp³-hybridized carbons (Fsp3) is 0. The van der Waals surface area contributed by atoms with Gasteiger partial charge in [0.05, 0.1) is 3.57 Å². The summed E-state index contributed by atoms with van der Waals surface area (Å²) in [7, 11) is -4.64. The van der Waals surface area contributed by atoms with Crippen LogP contribution in [-0.4, -0.2) is 19.8 Å². The van der Waals surface area contributed by atoms with Gasteiger partial charge in [0.15, 0.2) is 21.2 Å². The molecule has 0 aliphatic carbocycles. The van der Waals surface area contributed by atoms with Crippen molar-refractivity contribution in [3.05, 3.63) is 26.8 Å². The molecular formula is C6H7ClIO6P. The number of aromatic hydroxyl groups is 1. The van der Waals surface area contributed by atoms with Gasteiger partial charge in [-0.1, -0.05) is 11.6 Å². The van der Waals surface area contributed by atoms with E-state index in [2.05, 4.69) is 0 Å². The first kappa shape index (κ1) is 14.9. The first-order chi connectivity index (χ1) is 6.74. The summed E-state index contributed by atoms with van der Waals surface area (Å²) in [6, 6.07) is 4.56. The minimum atomic E-state index is -4.64. The van der Waals surface area contributed by atoms with Gasteiger partial charge in [-0.25, -0.2) is 4.57 Å². The van der Waals surface area contributed by atoms with Gasteiger partial charge >= 0.3 is 7.82 Å². The standard InChI is InChI=1S/C6H4ClIO2.H3O4P/c7-4-1-2-5(8-10)6(9)3-4;1-5(2,3)4/h1-3,9H;(H3,1,2,3,4). The molecule has 6 nitrogen and oxygen atoms in total. The van der Waals surface area contributed by atoms with Crippen LogP contribution in [0.4, 0.5) is 0 Å². The zero-order valence-corrected chi connectivity index (χ0v) is 10.8. The van der Waals surface area contributed by atoms with Crippen LogP contribution in [0.1, 0.15) is 0 Å². The second-order valence-electron chi connectivity index (χ2n) is 2.19. The molecule has 4 N–H and O–H groups in total. The first-order valence-corrected chi connectivity index (χ1v) is 7.18. The summed E-state index contributed by atoms with van der Waals surface area (Å²) in [5, 5.41) is 9.49. The van der Waals surface area contributed by atoms with Crippen LogP contribution in [0.2, 0.25) is 5.02 Å². The van der Waals surface area contributed by atoms with E-state index in [1.165, 1.54) is 6.07 Å². The van der Waals surface area contributed by atoms with Gasteiger partial charge in [-0.2, -0.15) is 0 Å². The molecule has 15 heavy (non-hydrogen) atoms. The van der Waals surface area contributed by atoms with Crippen molar-refractivity contribution in [3.63, 3.8) is 0 Å². The number of phenols is 1. The van der Waals surface area contributed by atoms with Crippen molar-refractivity contribution in [2.24, 2.45) is 0 Å². The topological polar surface area (TPSA) is 115 Å². The van der Waals surface area contributed by atoms with Crippen LogP contribution >= 0.6 is 40.6 Å². The fourth-order valence-corrected chi connectivity index (χ4v) is 1.43. The summed E-state index contributed by atoms with van der Waals surface area (Å²) in [6.07, 6.45) is 0. The minimum absolute atomic E-state index is 0.0234. The number of benzene rings is 1. The lowest BCUT2D eigenvalue weighted by Gasteiger charge is -1.93. The summed E-state index contributed by atoms with van der Waals surface area (Å²) in [5.41, 5.74) is 0. The Bertz CT molecular complexity index is 383. The molecule has 86 valence electrons. The summed E-state index contributed by atoms with van der Waals surface area (Å²) in [6.45, 7) is 0. The highest BCUT2D eigenvalue weighted by atomic mass is 127. The van der Waals surface area contributed by atoms with Gasteiger partial charge < -0.3 is 19.8 Å². The Labute approximate surface area is 100 Å². The van der Waals surface area contributed by atoms with Crippen LogP contribution in [0.15, 0.2) is 18.2 Å². The van der Waals surface area contributed by atoms with Crippen LogP contribution in [0.25, 0.3) is 0 Å². The maximum Gasteiger partial charge on any atom is 0.466 e. The number of hydrogen-bond donors (Lipinski definition) is 4. The average Bonchev–Trinajstić information content (AvgIpc) is 2.01. The van der Waals surface area contributed by atoms with E-state index in [1.807, 2.05) is 0 Å². The van der Waals surface area contributed by atoms with Crippen molar-refractivity contribution in [2.45, 2.75) is 0 Å². The monoisotopic (exact) mass is 368 g/mol. The normalized spacial score (nSPS) is 10.4. The zero-order valence-electron chi connectivity index (χ0n) is 7.04. The molecule has 0 saturated carbocycles. The maximum absolute atomic E-state index is 10.4. The fourth-order valence-electron chi connectivity index (χ4n) is 0.551. The molecule has 0 saturated heterocycles.